The number of ether oxygens (including phenoxy) is 1. The number of carbonyl (C=O) groups excluding carboxylic acids is 1. The molecule has 0 aromatic heterocycles. The van der Waals surface area contributed by atoms with Gasteiger partial charge in [-0.2, -0.15) is 0 Å². The van der Waals surface area contributed by atoms with Gasteiger partial charge in [0.25, 0.3) is 0 Å². The average molecular weight is 569 g/mol. The Kier molecular flexibility index (Phi) is 13.8. The van der Waals surface area contributed by atoms with Crippen LogP contribution in [0.1, 0.15) is 96.1 Å². The summed E-state index contributed by atoms with van der Waals surface area (Å²) in [5.41, 5.74) is 8.16. The van der Waals surface area contributed by atoms with E-state index < -0.39 is 0 Å². The van der Waals surface area contributed by atoms with E-state index in [-0.39, 0.29) is 5.97 Å². The highest BCUT2D eigenvalue weighted by atomic mass is 16.5. The van der Waals surface area contributed by atoms with Crippen LogP contribution in [0.4, 0.5) is 0 Å². The third-order valence-electron chi connectivity index (χ3n) is 8.01. The summed E-state index contributed by atoms with van der Waals surface area (Å²) >= 11 is 0. The summed E-state index contributed by atoms with van der Waals surface area (Å²) in [5.74, 6) is 0.981. The van der Waals surface area contributed by atoms with E-state index in [1.165, 1.54) is 41.5 Å². The van der Waals surface area contributed by atoms with Gasteiger partial charge in [-0.25, -0.2) is 4.79 Å². The summed E-state index contributed by atoms with van der Waals surface area (Å²) in [4.78, 5) is 19.0. The Labute approximate surface area is 255 Å². The molecule has 0 N–H and O–H groups in total. The Hall–Kier alpha value is -3.40. The van der Waals surface area contributed by atoms with Crippen LogP contribution in [-0.4, -0.2) is 43.8 Å². The summed E-state index contributed by atoms with van der Waals surface area (Å²) in [7, 11) is 1.80. The summed E-state index contributed by atoms with van der Waals surface area (Å²) in [6.45, 7) is 15.2. The van der Waals surface area contributed by atoms with Gasteiger partial charge in [0.05, 0.1) is 6.61 Å². The summed E-state index contributed by atoms with van der Waals surface area (Å²) in [6.07, 6.45) is 23.4. The smallest absolute Gasteiger partial charge is 0.333 e. The van der Waals surface area contributed by atoms with Gasteiger partial charge in [0.2, 0.25) is 0 Å². The van der Waals surface area contributed by atoms with Crippen molar-refractivity contribution in [3.05, 3.63) is 101 Å². The lowest BCUT2D eigenvalue weighted by Gasteiger charge is -2.32. The van der Waals surface area contributed by atoms with Crippen LogP contribution in [0, 0.1) is 5.92 Å². The fourth-order valence-corrected chi connectivity index (χ4v) is 5.68. The van der Waals surface area contributed by atoms with Crippen LogP contribution < -0.4 is 0 Å². The van der Waals surface area contributed by atoms with Crippen molar-refractivity contribution in [2.24, 2.45) is 10.9 Å². The minimum Gasteiger partial charge on any atom is -0.463 e. The van der Waals surface area contributed by atoms with Crippen LogP contribution in [0.25, 0.3) is 5.57 Å². The Morgan fingerprint density at radius 3 is 2.62 bits per heavy atom. The van der Waals surface area contributed by atoms with E-state index in [1.807, 2.05) is 13.1 Å². The van der Waals surface area contributed by atoms with Gasteiger partial charge in [-0.15, -0.1) is 0 Å². The van der Waals surface area contributed by atoms with E-state index in [2.05, 4.69) is 98.0 Å². The van der Waals surface area contributed by atoms with E-state index in [0.29, 0.717) is 18.4 Å². The van der Waals surface area contributed by atoms with Crippen LogP contribution >= 0.6 is 0 Å². The molecule has 1 aliphatic heterocycles. The molecule has 2 aliphatic rings. The highest BCUT2D eigenvalue weighted by Gasteiger charge is 2.22. The first kappa shape index (κ1) is 33.1. The number of esters is 1. The molecule has 0 amide bonds. The predicted octanol–water partition coefficient (Wildman–Crippen LogP) is 9.39. The number of aliphatic imine (C=N–C) groups is 1. The zero-order valence-corrected chi connectivity index (χ0v) is 26.7. The maximum absolute atomic E-state index is 12.3. The van der Waals surface area contributed by atoms with Gasteiger partial charge in [-0.3, -0.25) is 4.99 Å². The molecule has 0 radical (unpaired) electrons. The molecule has 42 heavy (non-hydrogen) atoms. The molecule has 1 aliphatic carbocycles. The lowest BCUT2D eigenvalue weighted by atomic mass is 9.86. The maximum atomic E-state index is 12.3. The van der Waals surface area contributed by atoms with Crippen molar-refractivity contribution in [2.45, 2.75) is 85.0 Å². The molecular weight excluding hydrogens is 516 g/mol. The van der Waals surface area contributed by atoms with Gasteiger partial charge in [-0.05, 0) is 91.7 Å². The Bertz CT molecular complexity index is 1220. The topological polar surface area (TPSA) is 41.9 Å². The first-order valence-corrected chi connectivity index (χ1v) is 16.0. The van der Waals surface area contributed by atoms with Crippen molar-refractivity contribution in [2.75, 3.05) is 26.7 Å². The highest BCUT2D eigenvalue weighted by Crippen LogP contribution is 2.35. The van der Waals surface area contributed by atoms with E-state index in [1.54, 1.807) is 7.05 Å². The van der Waals surface area contributed by atoms with Crippen LogP contribution in [0.15, 0.2) is 94.7 Å². The maximum Gasteiger partial charge on any atom is 0.333 e. The summed E-state index contributed by atoms with van der Waals surface area (Å²) in [5, 5.41) is 0. The molecule has 1 heterocycles. The zero-order valence-electron chi connectivity index (χ0n) is 26.7. The van der Waals surface area contributed by atoms with Gasteiger partial charge in [0.1, 0.15) is 0 Å². The van der Waals surface area contributed by atoms with Crippen LogP contribution in [-0.2, 0) is 9.53 Å². The Morgan fingerprint density at radius 1 is 1.14 bits per heavy atom. The second-order valence-corrected chi connectivity index (χ2v) is 11.7. The monoisotopic (exact) mass is 568 g/mol. The minimum atomic E-state index is -0.173. The third kappa shape index (κ3) is 9.86. The van der Waals surface area contributed by atoms with Crippen LogP contribution in [0.5, 0.6) is 0 Å². The average Bonchev–Trinajstić information content (AvgIpc) is 2.96. The number of hydrogen-bond acceptors (Lipinski definition) is 4. The number of unbranched alkanes of at least 4 members (excludes halogenated alkanes) is 1. The van der Waals surface area contributed by atoms with Crippen molar-refractivity contribution in [1.29, 1.82) is 0 Å². The SMILES string of the molecule is C=C1CC=C(c2ccc([C@@H](C/C=C/C(C)C)CCCC)cc2)C=C1/C(=C\C=N/C)N1CC/C=C(\C(=O)OCC)CCC1. The number of hydrogen-bond donors (Lipinski definition) is 0. The largest absolute Gasteiger partial charge is 0.463 e. The predicted molar refractivity (Wildman–Crippen MR) is 180 cm³/mol. The number of benzene rings is 1. The molecule has 3 rings (SSSR count). The molecule has 1 aromatic rings. The molecule has 0 unspecified atom stereocenters. The zero-order chi connectivity index (χ0) is 30.3. The van der Waals surface area contributed by atoms with Crippen LogP contribution in [0.2, 0.25) is 0 Å². The second kappa shape index (κ2) is 17.5. The molecule has 0 spiro atoms. The Balaban J connectivity index is 1.83. The minimum absolute atomic E-state index is 0.173. The van der Waals surface area contributed by atoms with E-state index in [4.69, 9.17) is 4.74 Å². The van der Waals surface area contributed by atoms with Gasteiger partial charge in [-0.1, -0.05) is 88.8 Å². The van der Waals surface area contributed by atoms with Crippen molar-refractivity contribution in [3.63, 3.8) is 0 Å². The molecule has 4 nitrogen and oxygen atoms in total. The quantitative estimate of drug-likeness (QED) is 0.135. The molecule has 0 bridgehead atoms. The van der Waals surface area contributed by atoms with Crippen LogP contribution in [0.3, 0.4) is 0 Å². The summed E-state index contributed by atoms with van der Waals surface area (Å²) < 4.78 is 5.25. The van der Waals surface area contributed by atoms with Gasteiger partial charge in [0.15, 0.2) is 0 Å². The number of carbonyl (C=O) groups is 1. The third-order valence-corrected chi connectivity index (χ3v) is 8.01. The second-order valence-electron chi connectivity index (χ2n) is 11.7. The van der Waals surface area contributed by atoms with E-state index in [0.717, 1.165) is 62.0 Å². The van der Waals surface area contributed by atoms with E-state index in [9.17, 15) is 4.79 Å². The molecule has 4 heteroatoms. The van der Waals surface area contributed by atoms with Crippen molar-refractivity contribution in [3.8, 4) is 0 Å². The normalized spacial score (nSPS) is 18.9. The molecular formula is C38H52N2O2. The molecule has 1 aromatic carbocycles. The molecule has 0 saturated heterocycles. The fraction of sp³-hybridized carbons (Fsp3) is 0.474. The standard InChI is InChI=1S/C38H52N2O2/c1-7-9-14-31(15-10-13-29(3)4)32-20-22-33(23-21-32)35-19-18-30(5)36(28-35)37(24-25-39-6)40-26-11-16-34(17-12-27-40)38(41)42-8-2/h10,13,16,19-25,28-29,31H,5,7-9,11-12,14-15,17-18,26-27H2,1-4,6H3/b13-10+,34-16-,37-24+,39-25-/t31-/m1/s1. The van der Waals surface area contributed by atoms with Crippen molar-refractivity contribution < 1.29 is 9.53 Å². The van der Waals surface area contributed by atoms with Gasteiger partial charge in [0, 0.05) is 43.2 Å². The number of rotatable bonds is 13. The molecule has 0 fully saturated rings. The Morgan fingerprint density at radius 2 is 1.93 bits per heavy atom. The molecule has 226 valence electrons. The molecule has 1 atom stereocenters. The lowest BCUT2D eigenvalue weighted by Crippen LogP contribution is -2.29. The highest BCUT2D eigenvalue weighted by molar-refractivity contribution is 5.88. The summed E-state index contributed by atoms with van der Waals surface area (Å²) in [6, 6.07) is 9.26. The van der Waals surface area contributed by atoms with Crippen molar-refractivity contribution in [1.82, 2.24) is 4.90 Å². The van der Waals surface area contributed by atoms with Gasteiger partial charge >= 0.3 is 5.97 Å². The number of nitrogens with zero attached hydrogens (tertiary/aromatic N) is 2. The van der Waals surface area contributed by atoms with E-state index >= 15 is 0 Å². The first-order valence-electron chi connectivity index (χ1n) is 16.0. The lowest BCUT2D eigenvalue weighted by molar-refractivity contribution is -0.138. The van der Waals surface area contributed by atoms with Crippen molar-refractivity contribution >= 4 is 17.8 Å². The fourth-order valence-electron chi connectivity index (χ4n) is 5.68. The van der Waals surface area contributed by atoms with Gasteiger partial charge < -0.3 is 9.64 Å². The first-order chi connectivity index (χ1) is 20.4. The number of allylic oxidation sites excluding steroid dienone is 7. The molecule has 0 saturated carbocycles.